The molecule has 2 amide bonds. The van der Waals surface area contributed by atoms with Gasteiger partial charge in [-0.05, 0) is 43.5 Å². The molecule has 0 saturated heterocycles. The van der Waals surface area contributed by atoms with E-state index < -0.39 is 11.9 Å². The summed E-state index contributed by atoms with van der Waals surface area (Å²) in [6.07, 6.45) is 0.678. The largest absolute Gasteiger partial charge is 0.462 e. The number of amides is 2. The summed E-state index contributed by atoms with van der Waals surface area (Å²) in [5.74, 6) is -1.38. The predicted molar refractivity (Wildman–Crippen MR) is 127 cm³/mol. The molecule has 0 fully saturated rings. The lowest BCUT2D eigenvalue weighted by Crippen LogP contribution is -2.25. The molecule has 0 unspecified atom stereocenters. The Bertz CT molecular complexity index is 1130. The minimum Gasteiger partial charge on any atom is -0.462 e. The first-order chi connectivity index (χ1) is 15.4. The van der Waals surface area contributed by atoms with Gasteiger partial charge >= 0.3 is 5.97 Å². The van der Waals surface area contributed by atoms with Gasteiger partial charge in [0.05, 0.1) is 27.6 Å². The highest BCUT2D eigenvalue weighted by atomic mass is 35.5. The number of halogens is 1. The molecule has 0 aliphatic carbocycles. The lowest BCUT2D eigenvalue weighted by atomic mass is 10.1. The van der Waals surface area contributed by atoms with Crippen LogP contribution in [0.3, 0.4) is 0 Å². The summed E-state index contributed by atoms with van der Waals surface area (Å²) in [7, 11) is 0. The molecule has 3 rings (SSSR count). The van der Waals surface area contributed by atoms with Crippen molar-refractivity contribution in [2.75, 3.05) is 18.5 Å². The first kappa shape index (κ1) is 23.5. The van der Waals surface area contributed by atoms with E-state index in [2.05, 4.69) is 10.6 Å². The third-order valence-corrected chi connectivity index (χ3v) is 6.26. The standard InChI is InChI=1S/C24H23ClN2O4S/c1-3-31-24(30)19-15(2)20(22(29)26-14-13-16-9-5-4-6-10-16)32-23(19)27-21(28)17-11-7-8-12-18(17)25/h4-12H,3,13-14H2,1-2H3,(H,26,29)(H,27,28). The molecule has 0 saturated carbocycles. The van der Waals surface area contributed by atoms with Crippen molar-refractivity contribution in [3.63, 3.8) is 0 Å². The molecule has 1 heterocycles. The summed E-state index contributed by atoms with van der Waals surface area (Å²) in [5, 5.41) is 6.13. The average Bonchev–Trinajstić information content (AvgIpc) is 3.10. The Kier molecular flexibility index (Phi) is 8.03. The van der Waals surface area contributed by atoms with Gasteiger partial charge in [-0.15, -0.1) is 11.3 Å². The zero-order valence-corrected chi connectivity index (χ0v) is 19.3. The number of ether oxygens (including phenoxy) is 1. The molecule has 6 nitrogen and oxygen atoms in total. The third-order valence-electron chi connectivity index (χ3n) is 4.72. The predicted octanol–water partition coefficient (Wildman–Crippen LogP) is 5.11. The van der Waals surface area contributed by atoms with E-state index in [4.69, 9.17) is 16.3 Å². The average molecular weight is 471 g/mol. The Labute approximate surface area is 195 Å². The number of esters is 1. The van der Waals surface area contributed by atoms with Crippen LogP contribution in [0.15, 0.2) is 54.6 Å². The van der Waals surface area contributed by atoms with Gasteiger partial charge in [-0.1, -0.05) is 54.1 Å². The number of nitrogens with one attached hydrogen (secondary N) is 2. The number of hydrogen-bond acceptors (Lipinski definition) is 5. The maximum Gasteiger partial charge on any atom is 0.341 e. The van der Waals surface area contributed by atoms with Crippen molar-refractivity contribution < 1.29 is 19.1 Å². The molecule has 0 bridgehead atoms. The highest BCUT2D eigenvalue weighted by Crippen LogP contribution is 2.34. The molecule has 1 aromatic heterocycles. The van der Waals surface area contributed by atoms with Crippen molar-refractivity contribution in [3.05, 3.63) is 86.8 Å². The summed E-state index contributed by atoms with van der Waals surface area (Å²) < 4.78 is 5.15. The molecule has 32 heavy (non-hydrogen) atoms. The number of hydrogen-bond donors (Lipinski definition) is 2. The van der Waals surface area contributed by atoms with E-state index in [0.29, 0.717) is 23.4 Å². The molecule has 2 N–H and O–H groups in total. The van der Waals surface area contributed by atoms with E-state index >= 15 is 0 Å². The lowest BCUT2D eigenvalue weighted by molar-refractivity contribution is 0.0527. The Morgan fingerprint density at radius 3 is 2.38 bits per heavy atom. The molecule has 3 aromatic rings. The van der Waals surface area contributed by atoms with Gasteiger partial charge in [0.1, 0.15) is 5.00 Å². The van der Waals surface area contributed by atoms with E-state index in [1.807, 2.05) is 30.3 Å². The van der Waals surface area contributed by atoms with Crippen LogP contribution in [0, 0.1) is 6.92 Å². The number of thiophene rings is 1. The topological polar surface area (TPSA) is 84.5 Å². The van der Waals surface area contributed by atoms with Crippen molar-refractivity contribution in [3.8, 4) is 0 Å². The van der Waals surface area contributed by atoms with Crippen LogP contribution in [0.5, 0.6) is 0 Å². The van der Waals surface area contributed by atoms with Crippen LogP contribution in [0.4, 0.5) is 5.00 Å². The van der Waals surface area contributed by atoms with Crippen LogP contribution in [-0.4, -0.2) is 30.9 Å². The SMILES string of the molecule is CCOC(=O)c1c(NC(=O)c2ccccc2Cl)sc(C(=O)NCCc2ccccc2)c1C. The first-order valence-corrected chi connectivity index (χ1v) is 11.3. The van der Waals surface area contributed by atoms with Crippen molar-refractivity contribution in [1.29, 1.82) is 0 Å². The fraction of sp³-hybridized carbons (Fsp3) is 0.208. The summed E-state index contributed by atoms with van der Waals surface area (Å²) in [5.41, 5.74) is 2.00. The quantitative estimate of drug-likeness (QED) is 0.448. The number of carbonyl (C=O) groups is 3. The van der Waals surface area contributed by atoms with Gasteiger partial charge in [-0.25, -0.2) is 4.79 Å². The number of rotatable bonds is 8. The van der Waals surface area contributed by atoms with Gasteiger partial charge in [-0.2, -0.15) is 0 Å². The fourth-order valence-electron chi connectivity index (χ4n) is 3.13. The van der Waals surface area contributed by atoms with Crippen LogP contribution in [0.2, 0.25) is 5.02 Å². The van der Waals surface area contributed by atoms with Crippen LogP contribution in [-0.2, 0) is 11.2 Å². The molecule has 0 spiro atoms. The minimum atomic E-state index is -0.598. The van der Waals surface area contributed by atoms with Crippen molar-refractivity contribution in [2.24, 2.45) is 0 Å². The van der Waals surface area contributed by atoms with Crippen LogP contribution in [0.25, 0.3) is 0 Å². The molecule has 166 valence electrons. The maximum atomic E-state index is 12.8. The van der Waals surface area contributed by atoms with Gasteiger partial charge < -0.3 is 15.4 Å². The first-order valence-electron chi connectivity index (χ1n) is 10.1. The van der Waals surface area contributed by atoms with Gasteiger partial charge in [-0.3, -0.25) is 9.59 Å². The van der Waals surface area contributed by atoms with Crippen LogP contribution < -0.4 is 10.6 Å². The molecule has 0 aliphatic heterocycles. The van der Waals surface area contributed by atoms with Gasteiger partial charge in [0.2, 0.25) is 0 Å². The second kappa shape index (κ2) is 10.9. The Hall–Kier alpha value is -3.16. The molecular formula is C24H23ClN2O4S. The normalized spacial score (nSPS) is 10.5. The van der Waals surface area contributed by atoms with E-state index in [9.17, 15) is 14.4 Å². The molecule has 8 heteroatoms. The van der Waals surface area contributed by atoms with E-state index in [1.165, 1.54) is 0 Å². The molecule has 0 radical (unpaired) electrons. The summed E-state index contributed by atoms with van der Waals surface area (Å²) >= 11 is 7.15. The highest BCUT2D eigenvalue weighted by Gasteiger charge is 2.27. The minimum absolute atomic E-state index is 0.171. The van der Waals surface area contributed by atoms with Crippen molar-refractivity contribution in [1.82, 2.24) is 5.32 Å². The molecule has 0 atom stereocenters. The smallest absolute Gasteiger partial charge is 0.341 e. The second-order valence-corrected chi connectivity index (χ2v) is 8.33. The zero-order chi connectivity index (χ0) is 23.1. The Morgan fingerprint density at radius 1 is 1.00 bits per heavy atom. The Morgan fingerprint density at radius 2 is 1.69 bits per heavy atom. The van der Waals surface area contributed by atoms with Gasteiger partial charge in [0.15, 0.2) is 0 Å². The number of carbonyl (C=O) groups excluding carboxylic acids is 3. The molecule has 2 aromatic carbocycles. The summed E-state index contributed by atoms with van der Waals surface area (Å²) in [4.78, 5) is 38.5. The summed E-state index contributed by atoms with van der Waals surface area (Å²) in [6, 6.07) is 16.4. The highest BCUT2D eigenvalue weighted by molar-refractivity contribution is 7.18. The lowest BCUT2D eigenvalue weighted by Gasteiger charge is -2.08. The van der Waals surface area contributed by atoms with Gasteiger partial charge in [0.25, 0.3) is 11.8 Å². The van der Waals surface area contributed by atoms with Crippen molar-refractivity contribution >= 4 is 45.7 Å². The van der Waals surface area contributed by atoms with E-state index in [0.717, 1.165) is 16.9 Å². The zero-order valence-electron chi connectivity index (χ0n) is 17.7. The summed E-state index contributed by atoms with van der Waals surface area (Å²) in [6.45, 7) is 3.97. The van der Waals surface area contributed by atoms with Crippen molar-refractivity contribution in [2.45, 2.75) is 20.3 Å². The van der Waals surface area contributed by atoms with Gasteiger partial charge in [0, 0.05) is 6.54 Å². The second-order valence-electron chi connectivity index (χ2n) is 6.91. The maximum absolute atomic E-state index is 12.8. The van der Waals surface area contributed by atoms with E-state index in [-0.39, 0.29) is 33.7 Å². The monoisotopic (exact) mass is 470 g/mol. The molecule has 0 aliphatic rings. The number of benzene rings is 2. The van der Waals surface area contributed by atoms with E-state index in [1.54, 1.807) is 38.1 Å². The third kappa shape index (κ3) is 5.55. The fourth-order valence-corrected chi connectivity index (χ4v) is 4.46. The Balaban J connectivity index is 1.82. The molecular weight excluding hydrogens is 448 g/mol. The van der Waals surface area contributed by atoms with Crippen LogP contribution in [0.1, 0.15) is 48.4 Å². The number of anilines is 1. The van der Waals surface area contributed by atoms with Crippen LogP contribution >= 0.6 is 22.9 Å².